The molecule has 2 heterocycles. The lowest BCUT2D eigenvalue weighted by Crippen LogP contribution is -2.50. The van der Waals surface area contributed by atoms with Crippen molar-refractivity contribution in [1.82, 2.24) is 4.90 Å². The van der Waals surface area contributed by atoms with E-state index < -0.39 is 4.87 Å². The summed E-state index contributed by atoms with van der Waals surface area (Å²) in [5.41, 5.74) is 2.95. The zero-order chi connectivity index (χ0) is 23.4. The number of para-hydroxylation sites is 1. The first-order chi connectivity index (χ1) is 15.7. The topological polar surface area (TPSA) is 40.6 Å². The molecule has 2 amide bonds. The summed E-state index contributed by atoms with van der Waals surface area (Å²) in [6, 6.07) is 22.1. The van der Waals surface area contributed by atoms with Crippen LogP contribution >= 0.6 is 35.0 Å². The van der Waals surface area contributed by atoms with Crippen LogP contribution in [0.4, 0.5) is 5.69 Å². The number of amides is 2. The average Bonchev–Trinajstić information content (AvgIpc) is 3.21. The lowest BCUT2D eigenvalue weighted by atomic mass is 10.0. The van der Waals surface area contributed by atoms with Gasteiger partial charge in [0, 0.05) is 32.5 Å². The molecule has 0 bridgehead atoms. The number of hydrogen-bond donors (Lipinski definition) is 0. The van der Waals surface area contributed by atoms with Gasteiger partial charge in [0.1, 0.15) is 0 Å². The molecule has 3 aromatic rings. The third kappa shape index (κ3) is 3.63. The normalized spacial score (nSPS) is 21.0. The van der Waals surface area contributed by atoms with E-state index in [-0.39, 0.29) is 16.6 Å². The lowest BCUT2D eigenvalue weighted by molar-refractivity contribution is -0.123. The smallest absolute Gasteiger partial charge is 0.268 e. The van der Waals surface area contributed by atoms with Crippen molar-refractivity contribution in [1.29, 1.82) is 0 Å². The molecule has 2 aliphatic rings. The number of carbonyl (C=O) groups excluding carboxylic acids is 2. The molecule has 1 saturated heterocycles. The van der Waals surface area contributed by atoms with Crippen LogP contribution in [-0.2, 0) is 16.2 Å². The van der Waals surface area contributed by atoms with E-state index >= 15 is 0 Å². The van der Waals surface area contributed by atoms with Crippen molar-refractivity contribution in [2.75, 3.05) is 11.4 Å². The van der Waals surface area contributed by atoms with Gasteiger partial charge in [0.25, 0.3) is 11.8 Å². The Kier molecular flexibility index (Phi) is 5.47. The summed E-state index contributed by atoms with van der Waals surface area (Å²) in [7, 11) is 0. The highest BCUT2D eigenvalue weighted by atomic mass is 35.5. The van der Waals surface area contributed by atoms with Crippen molar-refractivity contribution >= 4 is 52.5 Å². The van der Waals surface area contributed by atoms with Gasteiger partial charge in [0.2, 0.25) is 0 Å². The number of benzene rings is 3. The van der Waals surface area contributed by atoms with Gasteiger partial charge in [-0.05, 0) is 49.7 Å². The molecular weight excluding hydrogens is 475 g/mol. The fourth-order valence-corrected chi connectivity index (χ4v) is 6.80. The van der Waals surface area contributed by atoms with E-state index in [2.05, 4.69) is 13.8 Å². The van der Waals surface area contributed by atoms with Crippen LogP contribution in [0.2, 0.25) is 10.0 Å². The molecule has 7 heteroatoms. The Hall–Kier alpha value is -2.47. The summed E-state index contributed by atoms with van der Waals surface area (Å²) in [5.74, 6) is -0.340. The van der Waals surface area contributed by atoms with Gasteiger partial charge in [0.05, 0.1) is 12.2 Å². The number of anilines is 1. The lowest BCUT2D eigenvalue weighted by Gasteiger charge is -2.33. The van der Waals surface area contributed by atoms with Crippen molar-refractivity contribution in [3.8, 4) is 0 Å². The Labute approximate surface area is 207 Å². The minimum atomic E-state index is -1.15. The van der Waals surface area contributed by atoms with Gasteiger partial charge in [-0.25, -0.2) is 0 Å². The van der Waals surface area contributed by atoms with Crippen molar-refractivity contribution in [2.24, 2.45) is 0 Å². The van der Waals surface area contributed by atoms with Crippen molar-refractivity contribution < 1.29 is 9.59 Å². The number of carbonyl (C=O) groups is 2. The van der Waals surface area contributed by atoms with Crippen LogP contribution in [-0.4, -0.2) is 28.0 Å². The molecular formula is C26H22Cl2N2O2S. The van der Waals surface area contributed by atoms with Crippen LogP contribution in [0.3, 0.4) is 0 Å². The molecule has 33 heavy (non-hydrogen) atoms. The predicted octanol–water partition coefficient (Wildman–Crippen LogP) is 6.36. The predicted molar refractivity (Wildman–Crippen MR) is 135 cm³/mol. The maximum absolute atomic E-state index is 14.2. The van der Waals surface area contributed by atoms with Gasteiger partial charge in [-0.3, -0.25) is 9.59 Å². The SMILES string of the molecule is CC1(C)CN(C(=O)c2cccc(Cl)c2)[C@@]2(S1)C(=O)N(Cc1ccccc1Cl)c1ccccc12. The molecule has 0 unspecified atom stereocenters. The van der Waals surface area contributed by atoms with Crippen molar-refractivity contribution in [2.45, 2.75) is 30.0 Å². The highest BCUT2D eigenvalue weighted by Gasteiger charge is 2.63. The van der Waals surface area contributed by atoms with Crippen molar-refractivity contribution in [3.05, 3.63) is 99.5 Å². The van der Waals surface area contributed by atoms with E-state index in [1.807, 2.05) is 48.5 Å². The summed E-state index contributed by atoms with van der Waals surface area (Å²) in [5, 5.41) is 1.09. The van der Waals surface area contributed by atoms with Crippen molar-refractivity contribution in [3.63, 3.8) is 0 Å². The molecule has 1 spiro atoms. The Morgan fingerprint density at radius 3 is 2.48 bits per heavy atom. The molecule has 5 rings (SSSR count). The zero-order valence-electron chi connectivity index (χ0n) is 18.2. The second-order valence-electron chi connectivity index (χ2n) is 8.91. The molecule has 1 atom stereocenters. The van der Waals surface area contributed by atoms with E-state index in [0.29, 0.717) is 28.7 Å². The summed E-state index contributed by atoms with van der Waals surface area (Å²) in [6.07, 6.45) is 0. The minimum Gasteiger partial charge on any atom is -0.310 e. The quantitative estimate of drug-likeness (QED) is 0.423. The largest absolute Gasteiger partial charge is 0.310 e. The molecule has 0 aromatic heterocycles. The molecule has 168 valence electrons. The van der Waals surface area contributed by atoms with Crippen LogP contribution < -0.4 is 4.90 Å². The summed E-state index contributed by atoms with van der Waals surface area (Å²) < 4.78 is -0.322. The van der Waals surface area contributed by atoms with Gasteiger partial charge in [-0.2, -0.15) is 0 Å². The van der Waals surface area contributed by atoms with E-state index in [1.165, 1.54) is 11.8 Å². The van der Waals surface area contributed by atoms with Crippen LogP contribution in [0.25, 0.3) is 0 Å². The fourth-order valence-electron chi connectivity index (χ4n) is 4.69. The van der Waals surface area contributed by atoms with Gasteiger partial charge in [-0.15, -0.1) is 11.8 Å². The molecule has 0 radical (unpaired) electrons. The maximum Gasteiger partial charge on any atom is 0.268 e. The second kappa shape index (κ2) is 8.08. The highest BCUT2D eigenvalue weighted by Crippen LogP contribution is 2.60. The average molecular weight is 497 g/mol. The fraction of sp³-hybridized carbons (Fsp3) is 0.231. The Bertz CT molecular complexity index is 1280. The van der Waals surface area contributed by atoms with Crippen LogP contribution in [0, 0.1) is 0 Å². The van der Waals surface area contributed by atoms with Gasteiger partial charge >= 0.3 is 0 Å². The highest BCUT2D eigenvalue weighted by molar-refractivity contribution is 8.02. The summed E-state index contributed by atoms with van der Waals surface area (Å²) in [4.78, 5) is 30.4. The van der Waals surface area contributed by atoms with Crippen LogP contribution in [0.1, 0.15) is 35.3 Å². The third-order valence-corrected chi connectivity index (χ3v) is 8.24. The first kappa shape index (κ1) is 22.3. The third-order valence-electron chi connectivity index (χ3n) is 6.04. The minimum absolute atomic E-state index is 0.130. The standard InChI is InChI=1S/C26H22Cl2N2O2S/c1-25(2)16-30(23(31)17-9-7-10-19(27)14-17)26(33-25)20-11-4-6-13-22(20)29(24(26)32)15-18-8-3-5-12-21(18)28/h3-14H,15-16H2,1-2H3/t26-/m0/s1. The van der Waals surface area contributed by atoms with E-state index in [1.54, 1.807) is 34.1 Å². The molecule has 1 fully saturated rings. The first-order valence-electron chi connectivity index (χ1n) is 10.7. The molecule has 2 aliphatic heterocycles. The molecule has 3 aromatic carbocycles. The number of halogens is 2. The van der Waals surface area contributed by atoms with Crippen LogP contribution in [0.5, 0.6) is 0 Å². The Morgan fingerprint density at radius 1 is 1.00 bits per heavy atom. The number of fused-ring (bicyclic) bond motifs is 2. The molecule has 0 saturated carbocycles. The van der Waals surface area contributed by atoms with E-state index in [9.17, 15) is 9.59 Å². The molecule has 0 N–H and O–H groups in total. The first-order valence-corrected chi connectivity index (χ1v) is 12.2. The number of thioether (sulfide) groups is 1. The number of rotatable bonds is 3. The molecule has 4 nitrogen and oxygen atoms in total. The molecule has 0 aliphatic carbocycles. The summed E-state index contributed by atoms with van der Waals surface area (Å²) >= 11 is 14.1. The second-order valence-corrected chi connectivity index (χ2v) is 11.7. The maximum atomic E-state index is 14.2. The Morgan fingerprint density at radius 2 is 1.73 bits per heavy atom. The number of hydrogen-bond acceptors (Lipinski definition) is 3. The van der Waals surface area contributed by atoms with E-state index in [0.717, 1.165) is 16.8 Å². The van der Waals surface area contributed by atoms with E-state index in [4.69, 9.17) is 23.2 Å². The monoisotopic (exact) mass is 496 g/mol. The zero-order valence-corrected chi connectivity index (χ0v) is 20.5. The van der Waals surface area contributed by atoms with Gasteiger partial charge in [-0.1, -0.05) is 65.7 Å². The Balaban J connectivity index is 1.64. The van der Waals surface area contributed by atoms with Gasteiger partial charge < -0.3 is 9.80 Å². The van der Waals surface area contributed by atoms with Crippen LogP contribution in [0.15, 0.2) is 72.8 Å². The number of nitrogens with zero attached hydrogens (tertiary/aromatic N) is 2. The van der Waals surface area contributed by atoms with Gasteiger partial charge in [0.15, 0.2) is 4.87 Å². The summed E-state index contributed by atoms with van der Waals surface area (Å²) in [6.45, 7) is 4.90.